The number of carbonyl (C=O) groups is 2. The molecule has 23 heavy (non-hydrogen) atoms. The molecule has 0 aliphatic carbocycles. The Labute approximate surface area is 142 Å². The van der Waals surface area contributed by atoms with Crippen molar-refractivity contribution >= 4 is 27.8 Å². The summed E-state index contributed by atoms with van der Waals surface area (Å²) in [4.78, 5) is 26.0. The van der Waals surface area contributed by atoms with Crippen molar-refractivity contribution in [2.24, 2.45) is 0 Å². The molecule has 0 spiro atoms. The van der Waals surface area contributed by atoms with Gasteiger partial charge in [-0.2, -0.15) is 0 Å². The summed E-state index contributed by atoms with van der Waals surface area (Å²) >= 11 is 3.12. The smallest absolute Gasteiger partial charge is 0.340 e. The number of hydrogen-bond donors (Lipinski definition) is 0. The van der Waals surface area contributed by atoms with E-state index in [1.54, 1.807) is 44.4 Å². The number of halogens is 2. The van der Waals surface area contributed by atoms with Crippen LogP contribution in [0.3, 0.4) is 0 Å². The van der Waals surface area contributed by atoms with Crippen LogP contribution in [0.4, 0.5) is 4.39 Å². The van der Waals surface area contributed by atoms with E-state index in [-0.39, 0.29) is 15.9 Å². The van der Waals surface area contributed by atoms with Gasteiger partial charge in [0.05, 0.1) is 5.56 Å². The van der Waals surface area contributed by atoms with Gasteiger partial charge in [0.15, 0.2) is 0 Å². The first-order valence-corrected chi connectivity index (χ1v) is 7.61. The Bertz CT molecular complexity index is 719. The third kappa shape index (κ3) is 4.16. The average Bonchev–Trinajstić information content (AvgIpc) is 2.52. The number of ether oxygens (including phenoxy) is 1. The third-order valence-corrected chi connectivity index (χ3v) is 3.80. The minimum absolute atomic E-state index is 0.152. The van der Waals surface area contributed by atoms with Gasteiger partial charge in [0.25, 0.3) is 5.91 Å². The van der Waals surface area contributed by atoms with E-state index in [0.717, 1.165) is 6.07 Å². The van der Waals surface area contributed by atoms with E-state index in [4.69, 9.17) is 4.74 Å². The van der Waals surface area contributed by atoms with Gasteiger partial charge in [-0.3, -0.25) is 4.79 Å². The zero-order valence-corrected chi connectivity index (χ0v) is 14.2. The fraction of sp³-hybridized carbons (Fsp3) is 0.176. The van der Waals surface area contributed by atoms with Crippen LogP contribution in [0.5, 0.6) is 0 Å². The molecule has 6 heteroatoms. The summed E-state index contributed by atoms with van der Waals surface area (Å²) in [6.07, 6.45) is -1.06. The van der Waals surface area contributed by atoms with Gasteiger partial charge < -0.3 is 9.64 Å². The monoisotopic (exact) mass is 379 g/mol. The Morgan fingerprint density at radius 2 is 1.78 bits per heavy atom. The number of esters is 1. The number of likely N-dealkylation sites (N-methyl/N-ethyl adjacent to an activating group) is 1. The highest BCUT2D eigenvalue weighted by Gasteiger charge is 2.27. The molecule has 0 aliphatic heterocycles. The molecule has 0 saturated heterocycles. The molecule has 2 aromatic carbocycles. The molecule has 0 heterocycles. The summed E-state index contributed by atoms with van der Waals surface area (Å²) in [6.45, 7) is 0. The fourth-order valence-electron chi connectivity index (χ4n) is 1.95. The summed E-state index contributed by atoms with van der Waals surface area (Å²) in [5.41, 5.74) is 0.719. The summed E-state index contributed by atoms with van der Waals surface area (Å²) in [5, 5.41) is 0. The van der Waals surface area contributed by atoms with Crippen LogP contribution in [0.2, 0.25) is 0 Å². The van der Waals surface area contributed by atoms with Gasteiger partial charge in [0.2, 0.25) is 6.10 Å². The molecule has 2 aromatic rings. The van der Waals surface area contributed by atoms with Crippen LogP contribution in [0.1, 0.15) is 22.0 Å². The van der Waals surface area contributed by atoms with Crippen molar-refractivity contribution in [2.45, 2.75) is 6.10 Å². The first-order valence-electron chi connectivity index (χ1n) is 6.82. The zero-order chi connectivity index (χ0) is 17.0. The molecule has 0 unspecified atom stereocenters. The quantitative estimate of drug-likeness (QED) is 0.762. The second-order valence-corrected chi connectivity index (χ2v) is 5.91. The maximum Gasteiger partial charge on any atom is 0.340 e. The van der Waals surface area contributed by atoms with Gasteiger partial charge in [0.1, 0.15) is 5.82 Å². The van der Waals surface area contributed by atoms with E-state index in [1.807, 2.05) is 0 Å². The van der Waals surface area contributed by atoms with Gasteiger partial charge in [-0.25, -0.2) is 9.18 Å². The van der Waals surface area contributed by atoms with E-state index in [1.165, 1.54) is 17.0 Å². The molecule has 0 radical (unpaired) electrons. The number of hydrogen-bond acceptors (Lipinski definition) is 3. The van der Waals surface area contributed by atoms with Gasteiger partial charge >= 0.3 is 5.97 Å². The predicted molar refractivity (Wildman–Crippen MR) is 87.4 cm³/mol. The maximum atomic E-state index is 13.1. The Hall–Kier alpha value is -2.21. The Balaban J connectivity index is 2.30. The molecule has 120 valence electrons. The lowest BCUT2D eigenvalue weighted by Crippen LogP contribution is -2.31. The van der Waals surface area contributed by atoms with Crippen molar-refractivity contribution in [2.75, 3.05) is 14.1 Å². The molecule has 1 atom stereocenters. The lowest BCUT2D eigenvalue weighted by atomic mass is 10.1. The Kier molecular flexibility index (Phi) is 5.50. The first kappa shape index (κ1) is 17.1. The second kappa shape index (κ2) is 7.37. The van der Waals surface area contributed by atoms with Crippen molar-refractivity contribution in [1.82, 2.24) is 4.90 Å². The Morgan fingerprint density at radius 1 is 1.13 bits per heavy atom. The third-order valence-electron chi connectivity index (χ3n) is 3.14. The standard InChI is InChI=1S/C17H15BrFNO3/c1-20(2)16(21)15(11-6-4-3-5-7-11)23-17(22)13-9-8-12(19)10-14(13)18/h3-10,15H,1-2H3/t15-/m1/s1. The Morgan fingerprint density at radius 3 is 2.35 bits per heavy atom. The molecular weight excluding hydrogens is 365 g/mol. The molecule has 1 amide bonds. The van der Waals surface area contributed by atoms with E-state index in [9.17, 15) is 14.0 Å². The highest BCUT2D eigenvalue weighted by atomic mass is 79.9. The lowest BCUT2D eigenvalue weighted by Gasteiger charge is -2.21. The molecule has 0 N–H and O–H groups in total. The van der Waals surface area contributed by atoms with Gasteiger partial charge in [-0.05, 0) is 34.1 Å². The number of nitrogens with zero attached hydrogens (tertiary/aromatic N) is 1. The minimum Gasteiger partial charge on any atom is -0.444 e. The van der Waals surface area contributed by atoms with Crippen LogP contribution in [-0.4, -0.2) is 30.9 Å². The number of amides is 1. The molecule has 0 aliphatic rings. The van der Waals surface area contributed by atoms with Crippen molar-refractivity contribution in [3.8, 4) is 0 Å². The van der Waals surface area contributed by atoms with Crippen LogP contribution in [0.15, 0.2) is 53.0 Å². The average molecular weight is 380 g/mol. The zero-order valence-electron chi connectivity index (χ0n) is 12.6. The van der Waals surface area contributed by atoms with Crippen molar-refractivity contribution < 1.29 is 18.7 Å². The van der Waals surface area contributed by atoms with Gasteiger partial charge in [-0.15, -0.1) is 0 Å². The molecule has 2 rings (SSSR count). The maximum absolute atomic E-state index is 13.1. The minimum atomic E-state index is -1.06. The summed E-state index contributed by atoms with van der Waals surface area (Å²) in [6, 6.07) is 12.4. The van der Waals surface area contributed by atoms with Crippen molar-refractivity contribution in [3.05, 3.63) is 69.9 Å². The van der Waals surface area contributed by atoms with Crippen molar-refractivity contribution in [1.29, 1.82) is 0 Å². The predicted octanol–water partition coefficient (Wildman–Crippen LogP) is 3.57. The molecular formula is C17H15BrFNO3. The largest absolute Gasteiger partial charge is 0.444 e. The van der Waals surface area contributed by atoms with E-state index < -0.39 is 17.9 Å². The topological polar surface area (TPSA) is 46.6 Å². The lowest BCUT2D eigenvalue weighted by molar-refractivity contribution is -0.138. The first-order chi connectivity index (χ1) is 10.9. The molecule has 0 fully saturated rings. The summed E-state index contributed by atoms with van der Waals surface area (Å²) in [5.74, 6) is -1.54. The van der Waals surface area contributed by atoms with Crippen LogP contribution in [0, 0.1) is 5.82 Å². The summed E-state index contributed by atoms with van der Waals surface area (Å²) < 4.78 is 18.8. The molecule has 0 aromatic heterocycles. The number of carbonyl (C=O) groups excluding carboxylic acids is 2. The molecule has 4 nitrogen and oxygen atoms in total. The van der Waals surface area contributed by atoms with Crippen LogP contribution in [-0.2, 0) is 9.53 Å². The molecule has 0 bridgehead atoms. The van der Waals surface area contributed by atoms with E-state index in [0.29, 0.717) is 5.56 Å². The van der Waals surface area contributed by atoms with E-state index in [2.05, 4.69) is 15.9 Å². The molecule has 0 saturated carbocycles. The van der Waals surface area contributed by atoms with Gasteiger partial charge in [-0.1, -0.05) is 30.3 Å². The highest BCUT2D eigenvalue weighted by molar-refractivity contribution is 9.10. The normalized spacial score (nSPS) is 11.7. The highest BCUT2D eigenvalue weighted by Crippen LogP contribution is 2.24. The SMILES string of the molecule is CN(C)C(=O)[C@H](OC(=O)c1ccc(F)cc1Br)c1ccccc1. The van der Waals surface area contributed by atoms with Gasteiger partial charge in [0, 0.05) is 24.1 Å². The van der Waals surface area contributed by atoms with Crippen LogP contribution >= 0.6 is 15.9 Å². The number of benzene rings is 2. The van der Waals surface area contributed by atoms with Crippen molar-refractivity contribution in [3.63, 3.8) is 0 Å². The second-order valence-electron chi connectivity index (χ2n) is 5.05. The fourth-order valence-corrected chi connectivity index (χ4v) is 2.46. The van der Waals surface area contributed by atoms with Crippen LogP contribution in [0.25, 0.3) is 0 Å². The van der Waals surface area contributed by atoms with Crippen LogP contribution < -0.4 is 0 Å². The number of rotatable bonds is 4. The summed E-state index contributed by atoms with van der Waals surface area (Å²) in [7, 11) is 3.17. The van der Waals surface area contributed by atoms with E-state index >= 15 is 0 Å².